The lowest BCUT2D eigenvalue weighted by atomic mass is 10.2. The van der Waals surface area contributed by atoms with Gasteiger partial charge in [-0.25, -0.2) is 8.42 Å². The SMILES string of the molecule is COc1cc(NC(=O)C2CC2)cc(OC)c1S(=O)(=O)Cl. The molecule has 0 atom stereocenters. The average Bonchev–Trinajstić information content (AvgIpc) is 3.20. The molecule has 1 aromatic carbocycles. The van der Waals surface area contributed by atoms with Gasteiger partial charge in [0, 0.05) is 34.4 Å². The van der Waals surface area contributed by atoms with E-state index in [2.05, 4.69) is 5.32 Å². The van der Waals surface area contributed by atoms with E-state index in [1.807, 2.05) is 0 Å². The number of carbonyl (C=O) groups excluding carboxylic acids is 1. The zero-order valence-corrected chi connectivity index (χ0v) is 12.5. The summed E-state index contributed by atoms with van der Waals surface area (Å²) in [7, 11) is 3.97. The minimum atomic E-state index is -4.03. The molecule has 1 aliphatic rings. The minimum absolute atomic E-state index is 0.0189. The molecule has 0 radical (unpaired) electrons. The Morgan fingerprint density at radius 3 is 2.10 bits per heavy atom. The standard InChI is InChI=1S/C12H14ClNO5S/c1-18-9-5-8(14-12(15)7-3-4-7)6-10(19-2)11(9)20(13,16)17/h5-7H,3-4H2,1-2H3,(H,14,15). The Labute approximate surface area is 121 Å². The van der Waals surface area contributed by atoms with Crippen molar-refractivity contribution in [1.82, 2.24) is 0 Å². The number of halogens is 1. The molecule has 1 N–H and O–H groups in total. The van der Waals surface area contributed by atoms with Crippen LogP contribution in [0.2, 0.25) is 0 Å². The summed E-state index contributed by atoms with van der Waals surface area (Å²) >= 11 is 0. The molecule has 0 spiro atoms. The maximum Gasteiger partial charge on any atom is 0.268 e. The van der Waals surface area contributed by atoms with Crippen molar-refractivity contribution in [2.45, 2.75) is 17.7 Å². The Hall–Kier alpha value is -1.47. The maximum absolute atomic E-state index is 11.7. The van der Waals surface area contributed by atoms with Crippen LogP contribution in [0.1, 0.15) is 12.8 Å². The van der Waals surface area contributed by atoms with Crippen LogP contribution in [0, 0.1) is 5.92 Å². The van der Waals surface area contributed by atoms with E-state index in [-0.39, 0.29) is 28.2 Å². The third-order valence-electron chi connectivity index (χ3n) is 2.92. The van der Waals surface area contributed by atoms with Crippen molar-refractivity contribution in [2.75, 3.05) is 19.5 Å². The van der Waals surface area contributed by atoms with Gasteiger partial charge in [-0.1, -0.05) is 0 Å². The van der Waals surface area contributed by atoms with Gasteiger partial charge in [0.2, 0.25) is 5.91 Å². The summed E-state index contributed by atoms with van der Waals surface area (Å²) in [4.78, 5) is 11.5. The van der Waals surface area contributed by atoms with Crippen LogP contribution in [0.25, 0.3) is 0 Å². The molecule has 8 heteroatoms. The van der Waals surface area contributed by atoms with Gasteiger partial charge in [0.15, 0.2) is 4.90 Å². The van der Waals surface area contributed by atoms with Gasteiger partial charge in [0.05, 0.1) is 14.2 Å². The fourth-order valence-electron chi connectivity index (χ4n) is 1.78. The van der Waals surface area contributed by atoms with E-state index in [9.17, 15) is 13.2 Å². The Balaban J connectivity index is 2.43. The van der Waals surface area contributed by atoms with Gasteiger partial charge >= 0.3 is 0 Å². The normalized spacial score (nSPS) is 14.8. The number of benzene rings is 1. The van der Waals surface area contributed by atoms with Crippen molar-refractivity contribution in [3.8, 4) is 11.5 Å². The molecule has 110 valence electrons. The monoisotopic (exact) mass is 319 g/mol. The van der Waals surface area contributed by atoms with Gasteiger partial charge in [-0.2, -0.15) is 0 Å². The molecule has 1 fully saturated rings. The van der Waals surface area contributed by atoms with Crippen LogP contribution in [-0.4, -0.2) is 28.5 Å². The van der Waals surface area contributed by atoms with Crippen LogP contribution in [0.5, 0.6) is 11.5 Å². The Bertz CT molecular complexity index is 614. The first-order chi connectivity index (χ1) is 9.36. The van der Waals surface area contributed by atoms with E-state index in [0.717, 1.165) is 12.8 Å². The number of hydrogen-bond acceptors (Lipinski definition) is 5. The lowest BCUT2D eigenvalue weighted by Gasteiger charge is -2.13. The van der Waals surface area contributed by atoms with Gasteiger partial charge in [0.25, 0.3) is 9.05 Å². The fourth-order valence-corrected chi connectivity index (χ4v) is 3.00. The van der Waals surface area contributed by atoms with Gasteiger partial charge in [-0.15, -0.1) is 0 Å². The predicted octanol–water partition coefficient (Wildman–Crippen LogP) is 1.98. The van der Waals surface area contributed by atoms with Crippen molar-refractivity contribution in [3.05, 3.63) is 12.1 Å². The van der Waals surface area contributed by atoms with Crippen LogP contribution in [0.15, 0.2) is 17.0 Å². The second-order valence-corrected chi connectivity index (χ2v) is 6.91. The topological polar surface area (TPSA) is 81.7 Å². The van der Waals surface area contributed by atoms with Crippen LogP contribution < -0.4 is 14.8 Å². The third kappa shape index (κ3) is 3.16. The number of anilines is 1. The van der Waals surface area contributed by atoms with E-state index >= 15 is 0 Å². The number of nitrogens with one attached hydrogen (secondary N) is 1. The zero-order chi connectivity index (χ0) is 14.9. The second kappa shape index (κ2) is 5.49. The number of rotatable bonds is 5. The lowest BCUT2D eigenvalue weighted by molar-refractivity contribution is -0.117. The molecule has 1 saturated carbocycles. The summed E-state index contributed by atoms with van der Waals surface area (Å²) in [6, 6.07) is 2.80. The van der Waals surface area contributed by atoms with Crippen LogP contribution in [0.4, 0.5) is 5.69 Å². The number of methoxy groups -OCH3 is 2. The summed E-state index contributed by atoms with van der Waals surface area (Å²) in [5.74, 6) is -0.0325. The summed E-state index contributed by atoms with van der Waals surface area (Å²) < 4.78 is 33.2. The summed E-state index contributed by atoms with van der Waals surface area (Å²) in [5.41, 5.74) is 0.402. The van der Waals surface area contributed by atoms with E-state index in [0.29, 0.717) is 5.69 Å². The lowest BCUT2D eigenvalue weighted by Crippen LogP contribution is -2.14. The molecule has 0 heterocycles. The molecule has 0 saturated heterocycles. The number of hydrogen-bond donors (Lipinski definition) is 1. The molecule has 1 aliphatic carbocycles. The van der Waals surface area contributed by atoms with Crippen LogP contribution in [0.3, 0.4) is 0 Å². The maximum atomic E-state index is 11.7. The summed E-state index contributed by atoms with van der Waals surface area (Å²) in [5, 5.41) is 2.70. The highest BCUT2D eigenvalue weighted by atomic mass is 35.7. The van der Waals surface area contributed by atoms with Gasteiger partial charge in [-0.3, -0.25) is 4.79 Å². The first-order valence-corrected chi connectivity index (χ1v) is 8.19. The highest BCUT2D eigenvalue weighted by Gasteiger charge is 2.30. The van der Waals surface area contributed by atoms with E-state index in [1.54, 1.807) is 0 Å². The molecule has 0 aromatic heterocycles. The largest absolute Gasteiger partial charge is 0.495 e. The van der Waals surface area contributed by atoms with E-state index in [1.165, 1.54) is 26.4 Å². The quantitative estimate of drug-likeness (QED) is 0.839. The number of amides is 1. The third-order valence-corrected chi connectivity index (χ3v) is 4.27. The van der Waals surface area contributed by atoms with Gasteiger partial charge < -0.3 is 14.8 Å². The Kier molecular flexibility index (Phi) is 4.10. The highest BCUT2D eigenvalue weighted by molar-refractivity contribution is 8.13. The number of carbonyl (C=O) groups is 1. The molecular formula is C12H14ClNO5S. The zero-order valence-electron chi connectivity index (χ0n) is 11.0. The first-order valence-electron chi connectivity index (χ1n) is 5.88. The van der Waals surface area contributed by atoms with Crippen molar-refractivity contribution in [2.24, 2.45) is 5.92 Å². The highest BCUT2D eigenvalue weighted by Crippen LogP contribution is 2.39. The molecule has 0 aliphatic heterocycles. The molecule has 2 rings (SSSR count). The van der Waals surface area contributed by atoms with Crippen LogP contribution >= 0.6 is 10.7 Å². The fraction of sp³-hybridized carbons (Fsp3) is 0.417. The molecule has 20 heavy (non-hydrogen) atoms. The smallest absolute Gasteiger partial charge is 0.268 e. The molecule has 1 amide bonds. The summed E-state index contributed by atoms with van der Waals surface area (Å²) in [6.07, 6.45) is 1.74. The molecule has 1 aromatic rings. The van der Waals surface area contributed by atoms with Crippen molar-refractivity contribution in [3.63, 3.8) is 0 Å². The van der Waals surface area contributed by atoms with Crippen molar-refractivity contribution >= 4 is 31.3 Å². The molecular weight excluding hydrogens is 306 g/mol. The molecule has 6 nitrogen and oxygen atoms in total. The van der Waals surface area contributed by atoms with Gasteiger partial charge in [-0.05, 0) is 12.8 Å². The van der Waals surface area contributed by atoms with Gasteiger partial charge in [0.1, 0.15) is 11.5 Å². The van der Waals surface area contributed by atoms with E-state index < -0.39 is 9.05 Å². The molecule has 0 bridgehead atoms. The second-order valence-electron chi connectivity index (χ2n) is 4.41. The molecule has 0 unspecified atom stereocenters. The Morgan fingerprint density at radius 1 is 1.25 bits per heavy atom. The average molecular weight is 320 g/mol. The van der Waals surface area contributed by atoms with Crippen molar-refractivity contribution < 1.29 is 22.7 Å². The Morgan fingerprint density at radius 2 is 1.75 bits per heavy atom. The van der Waals surface area contributed by atoms with Crippen LogP contribution in [-0.2, 0) is 13.8 Å². The predicted molar refractivity (Wildman–Crippen MR) is 73.9 cm³/mol. The number of ether oxygens (including phenoxy) is 2. The minimum Gasteiger partial charge on any atom is -0.495 e. The summed E-state index contributed by atoms with van der Waals surface area (Å²) in [6.45, 7) is 0. The first kappa shape index (κ1) is 14.9. The van der Waals surface area contributed by atoms with Crippen molar-refractivity contribution in [1.29, 1.82) is 0 Å². The van der Waals surface area contributed by atoms with E-state index in [4.69, 9.17) is 20.2 Å².